The Morgan fingerprint density at radius 3 is 2.48 bits per heavy atom. The quantitative estimate of drug-likeness (QED) is 0.644. The van der Waals surface area contributed by atoms with Gasteiger partial charge in [0.1, 0.15) is 0 Å². The van der Waals surface area contributed by atoms with Crippen LogP contribution < -0.4 is 16.4 Å². The Morgan fingerprint density at radius 1 is 1.29 bits per heavy atom. The minimum absolute atomic E-state index is 0.0669. The van der Waals surface area contributed by atoms with Gasteiger partial charge in [-0.15, -0.1) is 0 Å². The van der Waals surface area contributed by atoms with Crippen LogP contribution in [0.3, 0.4) is 0 Å². The molecule has 1 rings (SSSR count). The van der Waals surface area contributed by atoms with Crippen molar-refractivity contribution in [2.24, 2.45) is 0 Å². The van der Waals surface area contributed by atoms with Gasteiger partial charge in [0.15, 0.2) is 0 Å². The van der Waals surface area contributed by atoms with Gasteiger partial charge in [-0.2, -0.15) is 11.8 Å². The Labute approximate surface area is 132 Å². The van der Waals surface area contributed by atoms with Gasteiger partial charge in [0, 0.05) is 29.2 Å². The molecule has 1 aromatic rings. The predicted octanol–water partition coefficient (Wildman–Crippen LogP) is 3.35. The molecule has 1 amide bonds. The van der Waals surface area contributed by atoms with Gasteiger partial charge in [0.2, 0.25) is 0 Å². The third kappa shape index (κ3) is 4.56. The van der Waals surface area contributed by atoms with E-state index >= 15 is 0 Å². The third-order valence-electron chi connectivity index (χ3n) is 3.95. The van der Waals surface area contributed by atoms with E-state index < -0.39 is 0 Å². The lowest BCUT2D eigenvalue weighted by atomic mass is 10.0. The van der Waals surface area contributed by atoms with Crippen molar-refractivity contribution in [2.45, 2.75) is 38.4 Å². The van der Waals surface area contributed by atoms with Gasteiger partial charge in [0.05, 0.1) is 5.56 Å². The van der Waals surface area contributed by atoms with E-state index in [1.54, 1.807) is 12.1 Å². The number of benzene rings is 1. The van der Waals surface area contributed by atoms with Crippen LogP contribution in [0.4, 0.5) is 11.4 Å². The average Bonchev–Trinajstić information content (AvgIpc) is 2.49. The highest BCUT2D eigenvalue weighted by Gasteiger charge is 2.25. The molecule has 0 saturated carbocycles. The van der Waals surface area contributed by atoms with E-state index in [1.165, 1.54) is 0 Å². The molecule has 0 aromatic heterocycles. The summed E-state index contributed by atoms with van der Waals surface area (Å²) in [7, 11) is 0. The first-order valence-electron chi connectivity index (χ1n) is 7.48. The second-order valence-corrected chi connectivity index (χ2v) is 6.39. The molecule has 5 heteroatoms. The molecule has 0 heterocycles. The van der Waals surface area contributed by atoms with Gasteiger partial charge >= 0.3 is 0 Å². The highest BCUT2D eigenvalue weighted by Crippen LogP contribution is 2.31. The molecule has 4 N–H and O–H groups in total. The molecule has 0 bridgehead atoms. The first-order valence-corrected chi connectivity index (χ1v) is 8.71. The summed E-state index contributed by atoms with van der Waals surface area (Å²) in [5.41, 5.74) is 7.98. The zero-order valence-corrected chi connectivity index (χ0v) is 14.3. The fraction of sp³-hybridized carbons (Fsp3) is 0.562. The summed E-state index contributed by atoms with van der Waals surface area (Å²) >= 11 is 1.87. The number of rotatable bonds is 8. The number of carbonyl (C=O) groups excluding carboxylic acids is 1. The van der Waals surface area contributed by atoms with Crippen LogP contribution in [0.1, 0.15) is 44.0 Å². The smallest absolute Gasteiger partial charge is 0.253 e. The van der Waals surface area contributed by atoms with Gasteiger partial charge in [0.25, 0.3) is 5.91 Å². The molecule has 4 nitrogen and oxygen atoms in total. The molecule has 0 atom stereocenters. The van der Waals surface area contributed by atoms with Crippen molar-refractivity contribution in [3.8, 4) is 0 Å². The Hall–Kier alpha value is -1.36. The van der Waals surface area contributed by atoms with Gasteiger partial charge in [-0.3, -0.25) is 4.79 Å². The van der Waals surface area contributed by atoms with Crippen LogP contribution in [0.25, 0.3) is 0 Å². The van der Waals surface area contributed by atoms with Crippen molar-refractivity contribution in [2.75, 3.05) is 30.4 Å². The summed E-state index contributed by atoms with van der Waals surface area (Å²) in [5, 5.41) is 6.26. The van der Waals surface area contributed by atoms with Crippen LogP contribution in [0.15, 0.2) is 18.2 Å². The Bertz CT molecular complexity index is 464. The van der Waals surface area contributed by atoms with Gasteiger partial charge < -0.3 is 16.4 Å². The van der Waals surface area contributed by atoms with Crippen LogP contribution in [0, 0.1) is 0 Å². The highest BCUT2D eigenvalue weighted by atomic mass is 32.2. The standard InChI is InChI=1S/C16H27N3OS/c1-5-16(6-2,21-4)11-19-14-10-12(17)8-9-13(14)15(20)18-7-3/h8-10,19H,5-7,11,17H2,1-4H3,(H,18,20). The van der Waals surface area contributed by atoms with Crippen molar-refractivity contribution in [1.29, 1.82) is 0 Å². The molecule has 0 radical (unpaired) electrons. The summed E-state index contributed by atoms with van der Waals surface area (Å²) in [4.78, 5) is 12.1. The van der Waals surface area contributed by atoms with Crippen LogP contribution in [-0.2, 0) is 0 Å². The van der Waals surface area contributed by atoms with E-state index in [-0.39, 0.29) is 10.7 Å². The van der Waals surface area contributed by atoms with Crippen LogP contribution in [-0.4, -0.2) is 30.0 Å². The number of hydrogen-bond donors (Lipinski definition) is 3. The minimum atomic E-state index is -0.0669. The van der Waals surface area contributed by atoms with E-state index in [0.717, 1.165) is 25.1 Å². The number of thioether (sulfide) groups is 1. The van der Waals surface area contributed by atoms with Crippen molar-refractivity contribution in [1.82, 2.24) is 5.32 Å². The van der Waals surface area contributed by atoms with Crippen LogP contribution >= 0.6 is 11.8 Å². The zero-order chi connectivity index (χ0) is 15.9. The number of amides is 1. The molecule has 0 aliphatic carbocycles. The molecule has 21 heavy (non-hydrogen) atoms. The second kappa shape index (κ2) is 8.17. The van der Waals surface area contributed by atoms with Gasteiger partial charge in [-0.1, -0.05) is 13.8 Å². The third-order valence-corrected chi connectivity index (χ3v) is 5.54. The number of nitrogen functional groups attached to an aromatic ring is 1. The van der Waals surface area contributed by atoms with Crippen molar-refractivity contribution < 1.29 is 4.79 Å². The summed E-state index contributed by atoms with van der Waals surface area (Å²) in [6, 6.07) is 5.37. The maximum atomic E-state index is 12.1. The largest absolute Gasteiger partial charge is 0.399 e. The molecule has 0 fully saturated rings. The number of hydrogen-bond acceptors (Lipinski definition) is 4. The molecule has 0 aliphatic heterocycles. The van der Waals surface area contributed by atoms with Crippen molar-refractivity contribution >= 4 is 29.0 Å². The first kappa shape index (κ1) is 17.7. The van der Waals surface area contributed by atoms with Gasteiger partial charge in [-0.25, -0.2) is 0 Å². The lowest BCUT2D eigenvalue weighted by Crippen LogP contribution is -2.33. The number of anilines is 2. The number of nitrogens with two attached hydrogens (primary N) is 1. The Kier molecular flexibility index (Phi) is 6.89. The summed E-state index contributed by atoms with van der Waals surface area (Å²) < 4.78 is 0.184. The number of carbonyl (C=O) groups is 1. The average molecular weight is 309 g/mol. The molecule has 1 aromatic carbocycles. The lowest BCUT2D eigenvalue weighted by molar-refractivity contribution is 0.0956. The van der Waals surface area contributed by atoms with E-state index in [1.807, 2.05) is 24.8 Å². The Balaban J connectivity index is 2.96. The van der Waals surface area contributed by atoms with Gasteiger partial charge in [-0.05, 0) is 44.2 Å². The highest BCUT2D eigenvalue weighted by molar-refractivity contribution is 8.00. The summed E-state index contributed by atoms with van der Waals surface area (Å²) in [6.45, 7) is 7.74. The van der Waals surface area contributed by atoms with Crippen LogP contribution in [0.5, 0.6) is 0 Å². The predicted molar refractivity (Wildman–Crippen MR) is 94.2 cm³/mol. The fourth-order valence-corrected chi connectivity index (χ4v) is 3.07. The molecule has 0 unspecified atom stereocenters. The van der Waals surface area contributed by atoms with E-state index in [0.29, 0.717) is 17.8 Å². The summed E-state index contributed by atoms with van der Waals surface area (Å²) in [5.74, 6) is -0.0669. The monoisotopic (exact) mass is 309 g/mol. The SMILES string of the molecule is CCNC(=O)c1ccc(N)cc1NCC(CC)(CC)SC. The maximum absolute atomic E-state index is 12.1. The molecular weight excluding hydrogens is 282 g/mol. The molecule has 0 spiro atoms. The normalized spacial score (nSPS) is 11.2. The van der Waals surface area contributed by atoms with Crippen molar-refractivity contribution in [3.05, 3.63) is 23.8 Å². The molecule has 118 valence electrons. The number of nitrogens with one attached hydrogen (secondary N) is 2. The second-order valence-electron chi connectivity index (χ2n) is 5.11. The van der Waals surface area contributed by atoms with E-state index in [2.05, 4.69) is 30.7 Å². The van der Waals surface area contributed by atoms with E-state index in [4.69, 9.17) is 5.73 Å². The van der Waals surface area contributed by atoms with E-state index in [9.17, 15) is 4.79 Å². The molecular formula is C16H27N3OS. The topological polar surface area (TPSA) is 67.2 Å². The Morgan fingerprint density at radius 2 is 1.95 bits per heavy atom. The first-order chi connectivity index (χ1) is 10.0. The molecule has 0 aliphatic rings. The lowest BCUT2D eigenvalue weighted by Gasteiger charge is -2.30. The van der Waals surface area contributed by atoms with Crippen LogP contribution in [0.2, 0.25) is 0 Å². The summed E-state index contributed by atoms with van der Waals surface area (Å²) in [6.07, 6.45) is 4.30. The zero-order valence-electron chi connectivity index (χ0n) is 13.5. The molecule has 0 saturated heterocycles. The van der Waals surface area contributed by atoms with Crippen molar-refractivity contribution in [3.63, 3.8) is 0 Å². The minimum Gasteiger partial charge on any atom is -0.399 e. The maximum Gasteiger partial charge on any atom is 0.253 e. The fourth-order valence-electron chi connectivity index (χ4n) is 2.28.